The normalized spacial score (nSPS) is 16.8. The third kappa shape index (κ3) is 5.23. The second-order valence-electron chi connectivity index (χ2n) is 8.35. The van der Waals surface area contributed by atoms with Gasteiger partial charge in [0, 0.05) is 10.6 Å². The summed E-state index contributed by atoms with van der Waals surface area (Å²) in [6.07, 6.45) is 1.92. The fraction of sp³-hybridized carbons (Fsp3) is 0.259. The monoisotopic (exact) mass is 540 g/mol. The van der Waals surface area contributed by atoms with Crippen LogP contribution in [0, 0.1) is 6.92 Å². The van der Waals surface area contributed by atoms with E-state index in [0.717, 1.165) is 24.2 Å². The van der Waals surface area contributed by atoms with E-state index in [1.165, 1.54) is 12.0 Å². The number of aryl methyl sites for hydroxylation is 1. The van der Waals surface area contributed by atoms with Crippen LogP contribution in [0.25, 0.3) is 5.76 Å². The molecule has 3 aromatic rings. The highest BCUT2D eigenvalue weighted by Crippen LogP contribution is 2.44. The topological polar surface area (TPSA) is 106 Å². The Morgan fingerprint density at radius 2 is 1.92 bits per heavy atom. The number of amides is 1. The van der Waals surface area contributed by atoms with Gasteiger partial charge < -0.3 is 14.6 Å². The van der Waals surface area contributed by atoms with E-state index in [1.54, 1.807) is 55.5 Å². The van der Waals surface area contributed by atoms with Gasteiger partial charge in [0.25, 0.3) is 5.78 Å². The molecule has 192 valence electrons. The summed E-state index contributed by atoms with van der Waals surface area (Å²) in [4.78, 5) is 44.6. The van der Waals surface area contributed by atoms with Crippen LogP contribution in [0.15, 0.2) is 54.1 Å². The Morgan fingerprint density at radius 1 is 1.19 bits per heavy atom. The zero-order valence-electron chi connectivity index (χ0n) is 20.5. The van der Waals surface area contributed by atoms with Crippen LogP contribution in [0.5, 0.6) is 5.75 Å². The lowest BCUT2D eigenvalue weighted by molar-refractivity contribution is -0.132. The van der Waals surface area contributed by atoms with Gasteiger partial charge >= 0.3 is 11.9 Å². The van der Waals surface area contributed by atoms with Crippen molar-refractivity contribution in [3.63, 3.8) is 0 Å². The van der Waals surface area contributed by atoms with Crippen LogP contribution >= 0.6 is 22.9 Å². The van der Waals surface area contributed by atoms with E-state index in [9.17, 15) is 19.5 Å². The highest BCUT2D eigenvalue weighted by Gasteiger charge is 2.48. The fourth-order valence-corrected chi connectivity index (χ4v) is 5.20. The quantitative estimate of drug-likeness (QED) is 0.128. The lowest BCUT2D eigenvalue weighted by atomic mass is 9.95. The van der Waals surface area contributed by atoms with Crippen molar-refractivity contribution in [3.8, 4) is 5.75 Å². The van der Waals surface area contributed by atoms with Crippen LogP contribution in [-0.4, -0.2) is 41.5 Å². The molecule has 10 heteroatoms. The molecular formula is C27H25ClN2O6S. The molecule has 0 aliphatic carbocycles. The first-order valence-corrected chi connectivity index (χ1v) is 12.8. The van der Waals surface area contributed by atoms with E-state index in [0.29, 0.717) is 34.2 Å². The molecule has 8 nitrogen and oxygen atoms in total. The largest absolute Gasteiger partial charge is 0.507 e. The lowest BCUT2D eigenvalue weighted by Gasteiger charge is -2.23. The Morgan fingerprint density at radius 3 is 2.57 bits per heavy atom. The third-order valence-corrected chi connectivity index (χ3v) is 7.24. The first-order chi connectivity index (χ1) is 17.8. The second-order valence-corrected chi connectivity index (χ2v) is 9.77. The van der Waals surface area contributed by atoms with Gasteiger partial charge in [-0.05, 0) is 55.3 Å². The van der Waals surface area contributed by atoms with Crippen molar-refractivity contribution < 1.29 is 29.0 Å². The molecule has 2 heterocycles. The summed E-state index contributed by atoms with van der Waals surface area (Å²) in [6, 6.07) is 12.3. The SMILES string of the molecule is CCCCOc1ccc(C(O)=C2C(=O)C(=O)N(c3nc(C)c(C(=O)OC)s3)C2c2cccc(Cl)c2)cc1. The van der Waals surface area contributed by atoms with Crippen molar-refractivity contribution in [3.05, 3.63) is 80.8 Å². The number of hydrogen-bond donors (Lipinski definition) is 1. The highest BCUT2D eigenvalue weighted by atomic mass is 35.5. The molecule has 2 aromatic carbocycles. The van der Waals surface area contributed by atoms with Crippen molar-refractivity contribution >= 4 is 51.5 Å². The van der Waals surface area contributed by atoms with Crippen molar-refractivity contribution in [1.29, 1.82) is 0 Å². The standard InChI is InChI=1S/C27H25ClN2O6S/c1-4-5-13-36-19-11-9-16(10-12-19)22(31)20-21(17-7-6-8-18(28)14-17)30(25(33)23(20)32)27-29-15(2)24(37-27)26(34)35-3/h6-12,14,21,31H,4-5,13H2,1-3H3. The molecule has 1 aromatic heterocycles. The molecule has 37 heavy (non-hydrogen) atoms. The number of benzene rings is 2. The molecule has 0 bridgehead atoms. The molecule has 0 saturated carbocycles. The molecule has 1 aliphatic rings. The van der Waals surface area contributed by atoms with Gasteiger partial charge in [-0.1, -0.05) is 48.4 Å². The van der Waals surface area contributed by atoms with Crippen LogP contribution < -0.4 is 9.64 Å². The number of anilines is 1. The molecule has 1 fully saturated rings. The van der Waals surface area contributed by atoms with E-state index in [4.69, 9.17) is 21.1 Å². The summed E-state index contributed by atoms with van der Waals surface area (Å²) in [5.41, 5.74) is 1.09. The van der Waals surface area contributed by atoms with Crippen LogP contribution in [0.4, 0.5) is 5.13 Å². The summed E-state index contributed by atoms with van der Waals surface area (Å²) < 4.78 is 10.5. The predicted molar refractivity (Wildman–Crippen MR) is 141 cm³/mol. The van der Waals surface area contributed by atoms with Crippen molar-refractivity contribution in [1.82, 2.24) is 4.98 Å². The fourth-order valence-electron chi connectivity index (χ4n) is 3.99. The minimum Gasteiger partial charge on any atom is -0.507 e. The van der Waals surface area contributed by atoms with E-state index in [1.807, 2.05) is 0 Å². The first-order valence-electron chi connectivity index (χ1n) is 11.6. The minimum absolute atomic E-state index is 0.112. The number of aliphatic hydroxyl groups excluding tert-OH is 1. The van der Waals surface area contributed by atoms with E-state index < -0.39 is 23.7 Å². The summed E-state index contributed by atoms with van der Waals surface area (Å²) >= 11 is 7.17. The van der Waals surface area contributed by atoms with Crippen molar-refractivity contribution in [2.24, 2.45) is 0 Å². The predicted octanol–water partition coefficient (Wildman–Crippen LogP) is 5.70. The molecule has 0 spiro atoms. The van der Waals surface area contributed by atoms with Crippen LogP contribution in [0.1, 0.15) is 52.3 Å². The Balaban J connectivity index is 1.82. The smallest absolute Gasteiger partial charge is 0.350 e. The lowest BCUT2D eigenvalue weighted by Crippen LogP contribution is -2.29. The van der Waals surface area contributed by atoms with Crippen molar-refractivity contribution in [2.75, 3.05) is 18.6 Å². The van der Waals surface area contributed by atoms with Gasteiger partial charge in [0.2, 0.25) is 0 Å². The Bertz CT molecular complexity index is 1380. The molecule has 1 amide bonds. The molecule has 0 radical (unpaired) electrons. The molecule has 4 rings (SSSR count). The zero-order valence-corrected chi connectivity index (χ0v) is 22.1. The molecule has 1 unspecified atom stereocenters. The maximum Gasteiger partial charge on any atom is 0.350 e. The van der Waals surface area contributed by atoms with Gasteiger partial charge in [0.05, 0.1) is 31.0 Å². The number of aromatic nitrogens is 1. The Labute approximate surface area is 223 Å². The number of nitrogens with zero attached hydrogens (tertiary/aromatic N) is 2. The molecule has 1 aliphatic heterocycles. The van der Waals surface area contributed by atoms with Gasteiger partial charge in [-0.2, -0.15) is 0 Å². The van der Waals surface area contributed by atoms with Gasteiger partial charge in [0.1, 0.15) is 16.4 Å². The number of Topliss-reactive ketones (excluding diaryl/α,β-unsaturated/α-hetero) is 1. The number of thiazole rings is 1. The number of unbranched alkanes of at least 4 members (excludes halogenated alkanes) is 1. The Hall–Kier alpha value is -3.69. The number of ketones is 1. The zero-order chi connectivity index (χ0) is 26.7. The summed E-state index contributed by atoms with van der Waals surface area (Å²) in [6.45, 7) is 4.25. The summed E-state index contributed by atoms with van der Waals surface area (Å²) in [5.74, 6) is -2.06. The van der Waals surface area contributed by atoms with Gasteiger partial charge in [-0.25, -0.2) is 9.78 Å². The van der Waals surface area contributed by atoms with Gasteiger partial charge in [0.15, 0.2) is 5.13 Å². The number of ether oxygens (including phenoxy) is 2. The van der Waals surface area contributed by atoms with Crippen LogP contribution in [-0.2, 0) is 14.3 Å². The van der Waals surface area contributed by atoms with Crippen molar-refractivity contribution in [2.45, 2.75) is 32.7 Å². The summed E-state index contributed by atoms with van der Waals surface area (Å²) in [5, 5.41) is 11.8. The molecule has 1 atom stereocenters. The van der Waals surface area contributed by atoms with E-state index in [2.05, 4.69) is 11.9 Å². The maximum atomic E-state index is 13.3. The van der Waals surface area contributed by atoms with Gasteiger partial charge in [-0.15, -0.1) is 0 Å². The second kappa shape index (κ2) is 11.1. The highest BCUT2D eigenvalue weighted by molar-refractivity contribution is 7.17. The number of carbonyl (C=O) groups excluding carboxylic acids is 3. The number of esters is 1. The van der Waals surface area contributed by atoms with Crippen LogP contribution in [0.3, 0.4) is 0 Å². The number of methoxy groups -OCH3 is 1. The van der Waals surface area contributed by atoms with Crippen LogP contribution in [0.2, 0.25) is 5.02 Å². The average Bonchev–Trinajstić information content (AvgIpc) is 3.40. The Kier molecular flexibility index (Phi) is 7.94. The molecular weight excluding hydrogens is 516 g/mol. The molecule has 1 N–H and O–H groups in total. The third-order valence-electron chi connectivity index (χ3n) is 5.87. The molecule has 1 saturated heterocycles. The minimum atomic E-state index is -1.02. The van der Waals surface area contributed by atoms with E-state index in [-0.39, 0.29) is 21.3 Å². The number of aliphatic hydroxyl groups is 1. The number of carbonyl (C=O) groups is 3. The maximum absolute atomic E-state index is 13.3. The first kappa shape index (κ1) is 26.4. The number of hydrogen-bond acceptors (Lipinski definition) is 8. The number of rotatable bonds is 8. The average molecular weight is 541 g/mol. The summed E-state index contributed by atoms with van der Waals surface area (Å²) in [7, 11) is 1.25. The van der Waals surface area contributed by atoms with E-state index >= 15 is 0 Å². The van der Waals surface area contributed by atoms with Gasteiger partial charge in [-0.3, -0.25) is 14.5 Å². The number of halogens is 1.